The van der Waals surface area contributed by atoms with Gasteiger partial charge < -0.3 is 16.4 Å². The van der Waals surface area contributed by atoms with Gasteiger partial charge in [-0.25, -0.2) is 4.79 Å². The molecule has 0 atom stereocenters. The molecule has 0 aromatic heterocycles. The van der Waals surface area contributed by atoms with Gasteiger partial charge in [-0.15, -0.1) is 0 Å². The Morgan fingerprint density at radius 3 is 2.70 bits per heavy atom. The van der Waals surface area contributed by atoms with E-state index in [0.717, 1.165) is 4.47 Å². The summed E-state index contributed by atoms with van der Waals surface area (Å²) in [5, 5.41) is 14.1. The number of hydrogen-bond acceptors (Lipinski definition) is 3. The van der Waals surface area contributed by atoms with E-state index in [-0.39, 0.29) is 0 Å². The largest absolute Gasteiger partial charge is 0.397 e. The van der Waals surface area contributed by atoms with Crippen molar-refractivity contribution >= 4 is 39.0 Å². The molecule has 2 aromatic carbocycles. The zero-order chi connectivity index (χ0) is 14.5. The van der Waals surface area contributed by atoms with Crippen LogP contribution in [0.15, 0.2) is 46.9 Å². The number of anilines is 3. The molecular weight excluding hydrogens is 320 g/mol. The fourth-order valence-electron chi connectivity index (χ4n) is 1.60. The van der Waals surface area contributed by atoms with Gasteiger partial charge in [0.2, 0.25) is 0 Å². The zero-order valence-corrected chi connectivity index (χ0v) is 11.9. The first kappa shape index (κ1) is 13.9. The molecular formula is C14H11BrN4O. The number of benzene rings is 2. The molecule has 2 amide bonds. The van der Waals surface area contributed by atoms with Crippen molar-refractivity contribution in [3.05, 3.63) is 52.5 Å². The molecule has 5 nitrogen and oxygen atoms in total. The minimum absolute atomic E-state index is 0.422. The summed E-state index contributed by atoms with van der Waals surface area (Å²) in [6.45, 7) is 0. The van der Waals surface area contributed by atoms with Gasteiger partial charge in [-0.1, -0.05) is 22.0 Å². The van der Waals surface area contributed by atoms with Gasteiger partial charge in [0.1, 0.15) is 0 Å². The van der Waals surface area contributed by atoms with Gasteiger partial charge in [0.05, 0.1) is 23.0 Å². The number of carbonyl (C=O) groups excluding carboxylic acids is 1. The summed E-state index contributed by atoms with van der Waals surface area (Å²) in [6, 6.07) is 13.4. The predicted molar refractivity (Wildman–Crippen MR) is 82.4 cm³/mol. The molecule has 2 aromatic rings. The van der Waals surface area contributed by atoms with Crippen LogP contribution in [0.5, 0.6) is 0 Å². The van der Waals surface area contributed by atoms with Crippen molar-refractivity contribution in [1.82, 2.24) is 0 Å². The first-order chi connectivity index (χ1) is 9.58. The van der Waals surface area contributed by atoms with Crippen LogP contribution in [0.25, 0.3) is 0 Å². The maximum absolute atomic E-state index is 11.8. The summed E-state index contributed by atoms with van der Waals surface area (Å²) in [5.74, 6) is 0. The maximum atomic E-state index is 11.8. The summed E-state index contributed by atoms with van der Waals surface area (Å²) >= 11 is 3.29. The fraction of sp³-hybridized carbons (Fsp3) is 0. The molecule has 0 radical (unpaired) electrons. The number of nitrogens with one attached hydrogen (secondary N) is 2. The van der Waals surface area contributed by atoms with E-state index >= 15 is 0 Å². The molecule has 0 aliphatic heterocycles. The van der Waals surface area contributed by atoms with Gasteiger partial charge in [0, 0.05) is 10.2 Å². The Labute approximate surface area is 124 Å². The Bertz CT molecular complexity index is 694. The number of carbonyl (C=O) groups is 1. The van der Waals surface area contributed by atoms with Crippen molar-refractivity contribution in [2.45, 2.75) is 0 Å². The lowest BCUT2D eigenvalue weighted by Crippen LogP contribution is -2.20. The molecule has 2 rings (SSSR count). The number of nitrogens with zero attached hydrogens (tertiary/aromatic N) is 1. The number of hydrogen-bond donors (Lipinski definition) is 3. The lowest BCUT2D eigenvalue weighted by Gasteiger charge is -2.10. The van der Waals surface area contributed by atoms with Crippen LogP contribution in [0.3, 0.4) is 0 Å². The third-order valence-electron chi connectivity index (χ3n) is 2.51. The second-order valence-corrected chi connectivity index (χ2v) is 4.92. The minimum Gasteiger partial charge on any atom is -0.397 e. The zero-order valence-electron chi connectivity index (χ0n) is 10.4. The normalized spacial score (nSPS) is 9.60. The second kappa shape index (κ2) is 6.08. The molecule has 6 heteroatoms. The standard InChI is InChI=1S/C14H11BrN4O/c15-10-4-5-13(12(17)7-10)19-14(20)18-11-3-1-2-9(6-11)8-16/h1-7H,17H2,(H2,18,19,20). The minimum atomic E-state index is -0.422. The average molecular weight is 331 g/mol. The van der Waals surface area contributed by atoms with Gasteiger partial charge in [0.15, 0.2) is 0 Å². The van der Waals surface area contributed by atoms with Crippen molar-refractivity contribution in [2.24, 2.45) is 0 Å². The lowest BCUT2D eigenvalue weighted by atomic mass is 10.2. The van der Waals surface area contributed by atoms with Crippen LogP contribution in [-0.4, -0.2) is 6.03 Å². The van der Waals surface area contributed by atoms with E-state index in [1.807, 2.05) is 6.07 Å². The van der Waals surface area contributed by atoms with E-state index in [0.29, 0.717) is 22.6 Å². The highest BCUT2D eigenvalue weighted by Crippen LogP contribution is 2.23. The Hall–Kier alpha value is -2.52. The van der Waals surface area contributed by atoms with Gasteiger partial charge in [0.25, 0.3) is 0 Å². The molecule has 0 saturated carbocycles. The van der Waals surface area contributed by atoms with E-state index in [1.165, 1.54) is 0 Å². The lowest BCUT2D eigenvalue weighted by molar-refractivity contribution is 0.262. The van der Waals surface area contributed by atoms with Crippen LogP contribution in [0.4, 0.5) is 21.9 Å². The number of rotatable bonds is 2. The predicted octanol–water partition coefficient (Wildman–Crippen LogP) is 3.55. The quantitative estimate of drug-likeness (QED) is 0.735. The van der Waals surface area contributed by atoms with Crippen LogP contribution in [-0.2, 0) is 0 Å². The van der Waals surface area contributed by atoms with Crippen molar-refractivity contribution in [3.8, 4) is 6.07 Å². The number of urea groups is 1. The van der Waals surface area contributed by atoms with E-state index in [1.54, 1.807) is 42.5 Å². The van der Waals surface area contributed by atoms with E-state index in [2.05, 4.69) is 26.6 Å². The summed E-state index contributed by atoms with van der Waals surface area (Å²) in [7, 11) is 0. The van der Waals surface area contributed by atoms with Crippen LogP contribution in [0.1, 0.15) is 5.56 Å². The van der Waals surface area contributed by atoms with Crippen molar-refractivity contribution < 1.29 is 4.79 Å². The van der Waals surface area contributed by atoms with Crippen LogP contribution in [0, 0.1) is 11.3 Å². The molecule has 20 heavy (non-hydrogen) atoms. The summed E-state index contributed by atoms with van der Waals surface area (Å²) in [5.41, 5.74) is 7.78. The first-order valence-electron chi connectivity index (χ1n) is 5.71. The third-order valence-corrected chi connectivity index (χ3v) is 3.00. The summed E-state index contributed by atoms with van der Waals surface area (Å²) < 4.78 is 0.836. The highest BCUT2D eigenvalue weighted by molar-refractivity contribution is 9.10. The monoisotopic (exact) mass is 330 g/mol. The molecule has 0 fully saturated rings. The van der Waals surface area contributed by atoms with E-state index in [9.17, 15) is 4.79 Å². The Morgan fingerprint density at radius 2 is 2.00 bits per heavy atom. The van der Waals surface area contributed by atoms with Gasteiger partial charge >= 0.3 is 6.03 Å². The SMILES string of the molecule is N#Cc1cccc(NC(=O)Nc2ccc(Br)cc2N)c1. The smallest absolute Gasteiger partial charge is 0.323 e. The van der Waals surface area contributed by atoms with E-state index < -0.39 is 6.03 Å². The molecule has 0 spiro atoms. The Kier molecular flexibility index (Phi) is 4.23. The number of halogens is 1. The van der Waals surface area contributed by atoms with Gasteiger partial charge in [-0.3, -0.25) is 0 Å². The molecule has 100 valence electrons. The number of nitriles is 1. The van der Waals surface area contributed by atoms with Crippen LogP contribution in [0.2, 0.25) is 0 Å². The van der Waals surface area contributed by atoms with Crippen molar-refractivity contribution in [1.29, 1.82) is 5.26 Å². The Balaban J connectivity index is 2.07. The summed E-state index contributed by atoms with van der Waals surface area (Å²) in [6.07, 6.45) is 0. The van der Waals surface area contributed by atoms with Crippen molar-refractivity contribution in [3.63, 3.8) is 0 Å². The molecule has 0 aliphatic rings. The van der Waals surface area contributed by atoms with E-state index in [4.69, 9.17) is 11.0 Å². The molecule has 0 saturated heterocycles. The van der Waals surface area contributed by atoms with Crippen LogP contribution >= 0.6 is 15.9 Å². The first-order valence-corrected chi connectivity index (χ1v) is 6.51. The maximum Gasteiger partial charge on any atom is 0.323 e. The van der Waals surface area contributed by atoms with Gasteiger partial charge in [-0.05, 0) is 36.4 Å². The highest BCUT2D eigenvalue weighted by Gasteiger charge is 2.06. The number of nitrogens with two attached hydrogens (primary N) is 1. The molecule has 0 heterocycles. The highest BCUT2D eigenvalue weighted by atomic mass is 79.9. The Morgan fingerprint density at radius 1 is 1.20 bits per heavy atom. The van der Waals surface area contributed by atoms with Crippen molar-refractivity contribution in [2.75, 3.05) is 16.4 Å². The third kappa shape index (κ3) is 3.49. The molecule has 0 aliphatic carbocycles. The second-order valence-electron chi connectivity index (χ2n) is 4.00. The summed E-state index contributed by atoms with van der Waals surface area (Å²) in [4.78, 5) is 11.8. The number of nitrogen functional groups attached to an aromatic ring is 1. The molecule has 0 bridgehead atoms. The average Bonchev–Trinajstić information content (AvgIpc) is 2.42. The van der Waals surface area contributed by atoms with Gasteiger partial charge in [-0.2, -0.15) is 5.26 Å². The fourth-order valence-corrected chi connectivity index (χ4v) is 1.98. The van der Waals surface area contributed by atoms with Crippen LogP contribution < -0.4 is 16.4 Å². The molecule has 0 unspecified atom stereocenters. The number of amides is 2. The topological polar surface area (TPSA) is 90.9 Å². The molecule has 4 N–H and O–H groups in total.